The van der Waals surface area contributed by atoms with Gasteiger partial charge in [-0.25, -0.2) is 13.4 Å². The van der Waals surface area contributed by atoms with Gasteiger partial charge in [0.25, 0.3) is 0 Å². The molecule has 1 aliphatic rings. The van der Waals surface area contributed by atoms with Crippen LogP contribution in [0.1, 0.15) is 17.7 Å². The van der Waals surface area contributed by atoms with E-state index in [1.807, 2.05) is 0 Å². The number of halogens is 1. The zero-order valence-electron chi connectivity index (χ0n) is 7.75. The molecule has 1 heterocycles. The van der Waals surface area contributed by atoms with Crippen molar-refractivity contribution >= 4 is 21.4 Å². The van der Waals surface area contributed by atoms with E-state index in [1.165, 1.54) is 0 Å². The summed E-state index contributed by atoms with van der Waals surface area (Å²) in [7, 11) is -3.25. The molecule has 0 N–H and O–H groups in total. The molecule has 0 atom stereocenters. The Bertz CT molecular complexity index is 482. The van der Waals surface area contributed by atoms with Gasteiger partial charge in [-0.1, -0.05) is 11.6 Å². The number of aryl methyl sites for hydroxylation is 2. The Balaban J connectivity index is 2.65. The minimum atomic E-state index is -3.25. The molecule has 0 saturated heterocycles. The highest BCUT2D eigenvalue weighted by Gasteiger charge is 2.20. The fourth-order valence-corrected chi connectivity index (χ4v) is 2.97. The summed E-state index contributed by atoms with van der Waals surface area (Å²) in [4.78, 5) is 4.26. The summed E-state index contributed by atoms with van der Waals surface area (Å²) in [6.45, 7) is 0. The van der Waals surface area contributed by atoms with E-state index in [9.17, 15) is 8.42 Å². The third kappa shape index (κ3) is 1.64. The minimum absolute atomic E-state index is 0.105. The highest BCUT2D eigenvalue weighted by molar-refractivity contribution is 7.90. The maximum absolute atomic E-state index is 11.3. The smallest absolute Gasteiger partial charge is 0.178 e. The largest absolute Gasteiger partial charge is 0.239 e. The highest BCUT2D eigenvalue weighted by Crippen LogP contribution is 2.27. The molecule has 0 saturated carbocycles. The third-order valence-corrected chi connectivity index (χ3v) is 3.88. The Hall–Kier alpha value is -0.610. The summed E-state index contributed by atoms with van der Waals surface area (Å²) in [5.74, 6) is 0. The average molecular weight is 232 g/mol. The van der Waals surface area contributed by atoms with Crippen LogP contribution in [0.2, 0.25) is 5.15 Å². The van der Waals surface area contributed by atoms with E-state index in [1.54, 1.807) is 6.07 Å². The number of fused-ring (bicyclic) bond motifs is 1. The van der Waals surface area contributed by atoms with Gasteiger partial charge in [0.1, 0.15) is 10.0 Å². The third-order valence-electron chi connectivity index (χ3n) is 2.37. The summed E-state index contributed by atoms with van der Waals surface area (Å²) in [6.07, 6.45) is 3.99. The van der Waals surface area contributed by atoms with E-state index in [-0.39, 0.29) is 10.0 Å². The van der Waals surface area contributed by atoms with Crippen LogP contribution in [0.15, 0.2) is 11.0 Å². The molecule has 2 rings (SSSR count). The van der Waals surface area contributed by atoms with Gasteiger partial charge in [0.15, 0.2) is 9.84 Å². The Morgan fingerprint density at radius 2 is 2.14 bits per heavy atom. The summed E-state index contributed by atoms with van der Waals surface area (Å²) in [5, 5.41) is 0.105. The topological polar surface area (TPSA) is 47.0 Å². The maximum Gasteiger partial charge on any atom is 0.178 e. The first-order valence-corrected chi connectivity index (χ1v) is 6.64. The fourth-order valence-electron chi connectivity index (χ4n) is 1.69. The first kappa shape index (κ1) is 9.93. The number of hydrogen-bond acceptors (Lipinski definition) is 3. The Labute approximate surface area is 88.0 Å². The molecular formula is C9H10ClNO2S. The van der Waals surface area contributed by atoms with E-state index in [0.29, 0.717) is 0 Å². The van der Waals surface area contributed by atoms with Crippen LogP contribution in [-0.4, -0.2) is 19.7 Å². The molecule has 1 aromatic rings. The van der Waals surface area contributed by atoms with E-state index in [4.69, 9.17) is 11.6 Å². The number of pyridine rings is 1. The van der Waals surface area contributed by atoms with Crippen LogP contribution in [0.4, 0.5) is 0 Å². The number of hydrogen-bond donors (Lipinski definition) is 0. The zero-order valence-corrected chi connectivity index (χ0v) is 9.32. The van der Waals surface area contributed by atoms with Gasteiger partial charge in [0.2, 0.25) is 0 Å². The number of rotatable bonds is 1. The van der Waals surface area contributed by atoms with Crippen molar-refractivity contribution in [3.05, 3.63) is 22.5 Å². The second kappa shape index (κ2) is 3.21. The number of aromatic nitrogens is 1. The van der Waals surface area contributed by atoms with Crippen molar-refractivity contribution in [1.29, 1.82) is 0 Å². The van der Waals surface area contributed by atoms with Crippen molar-refractivity contribution in [3.8, 4) is 0 Å². The lowest BCUT2D eigenvalue weighted by Crippen LogP contribution is -2.02. The summed E-state index contributed by atoms with van der Waals surface area (Å²) >= 11 is 5.80. The van der Waals surface area contributed by atoms with Gasteiger partial charge >= 0.3 is 0 Å². The van der Waals surface area contributed by atoms with Crippen LogP contribution in [0.5, 0.6) is 0 Å². The monoisotopic (exact) mass is 231 g/mol. The van der Waals surface area contributed by atoms with Crippen LogP contribution in [-0.2, 0) is 22.7 Å². The molecule has 0 unspecified atom stereocenters. The molecule has 0 amide bonds. The quantitative estimate of drug-likeness (QED) is 0.691. The van der Waals surface area contributed by atoms with Gasteiger partial charge in [-0.15, -0.1) is 0 Å². The first-order valence-electron chi connectivity index (χ1n) is 4.37. The van der Waals surface area contributed by atoms with Crippen molar-refractivity contribution in [1.82, 2.24) is 4.98 Å². The summed E-state index contributed by atoms with van der Waals surface area (Å²) in [5.41, 5.74) is 1.97. The van der Waals surface area contributed by atoms with Crippen molar-refractivity contribution in [3.63, 3.8) is 0 Å². The van der Waals surface area contributed by atoms with Gasteiger partial charge in [-0.2, -0.15) is 0 Å². The molecule has 1 aliphatic carbocycles. The molecule has 0 bridgehead atoms. The predicted molar refractivity (Wildman–Crippen MR) is 54.4 cm³/mol. The van der Waals surface area contributed by atoms with E-state index < -0.39 is 9.84 Å². The molecule has 3 nitrogen and oxygen atoms in total. The van der Waals surface area contributed by atoms with Gasteiger partial charge < -0.3 is 0 Å². The van der Waals surface area contributed by atoms with Crippen molar-refractivity contribution in [2.45, 2.75) is 24.2 Å². The van der Waals surface area contributed by atoms with Crippen LogP contribution in [0.25, 0.3) is 0 Å². The molecule has 0 fully saturated rings. The normalized spacial score (nSPS) is 15.6. The first-order chi connectivity index (χ1) is 6.48. The molecule has 76 valence electrons. The summed E-state index contributed by atoms with van der Waals surface area (Å²) in [6, 6.07) is 1.66. The van der Waals surface area contributed by atoms with Crippen LogP contribution >= 0.6 is 11.6 Å². The van der Waals surface area contributed by atoms with Crippen LogP contribution < -0.4 is 0 Å². The van der Waals surface area contributed by atoms with Gasteiger partial charge in [0, 0.05) is 11.9 Å². The number of nitrogens with zero attached hydrogens (tertiary/aromatic N) is 1. The standard InChI is InChI=1S/C9H10ClNO2S/c1-14(12,13)8-5-6-3-2-4-7(6)11-9(8)10/h5H,2-4H2,1H3. The van der Waals surface area contributed by atoms with Crippen LogP contribution in [0.3, 0.4) is 0 Å². The lowest BCUT2D eigenvalue weighted by molar-refractivity contribution is 0.601. The lowest BCUT2D eigenvalue weighted by atomic mass is 10.2. The second-order valence-corrected chi connectivity index (χ2v) is 5.85. The lowest BCUT2D eigenvalue weighted by Gasteiger charge is -2.04. The van der Waals surface area contributed by atoms with E-state index in [2.05, 4.69) is 4.98 Å². The maximum atomic E-state index is 11.3. The molecule has 5 heteroatoms. The van der Waals surface area contributed by atoms with Crippen molar-refractivity contribution in [2.24, 2.45) is 0 Å². The SMILES string of the molecule is CS(=O)(=O)c1cc2c(nc1Cl)CCC2. The predicted octanol–water partition coefficient (Wildman–Crippen LogP) is 1.63. The fraction of sp³-hybridized carbons (Fsp3) is 0.444. The Morgan fingerprint density at radius 1 is 1.43 bits per heavy atom. The van der Waals surface area contributed by atoms with Crippen LogP contribution in [0, 0.1) is 0 Å². The molecule has 0 radical (unpaired) electrons. The summed E-state index contributed by atoms with van der Waals surface area (Å²) < 4.78 is 22.7. The Morgan fingerprint density at radius 3 is 2.79 bits per heavy atom. The molecule has 0 spiro atoms. The van der Waals surface area contributed by atoms with Crippen molar-refractivity contribution in [2.75, 3.05) is 6.26 Å². The molecular weight excluding hydrogens is 222 g/mol. The van der Waals surface area contributed by atoms with Gasteiger partial charge in [0.05, 0.1) is 0 Å². The molecule has 1 aromatic heterocycles. The van der Waals surface area contributed by atoms with Gasteiger partial charge in [-0.05, 0) is 30.9 Å². The molecule has 0 aliphatic heterocycles. The van der Waals surface area contributed by atoms with E-state index >= 15 is 0 Å². The molecule has 14 heavy (non-hydrogen) atoms. The Kier molecular flexibility index (Phi) is 2.27. The highest BCUT2D eigenvalue weighted by atomic mass is 35.5. The minimum Gasteiger partial charge on any atom is -0.239 e. The second-order valence-electron chi connectivity index (χ2n) is 3.51. The average Bonchev–Trinajstić information content (AvgIpc) is 2.47. The number of sulfone groups is 1. The van der Waals surface area contributed by atoms with E-state index in [0.717, 1.165) is 36.8 Å². The molecule has 0 aromatic carbocycles. The van der Waals surface area contributed by atoms with Crippen molar-refractivity contribution < 1.29 is 8.42 Å². The zero-order chi connectivity index (χ0) is 10.3. The van der Waals surface area contributed by atoms with Gasteiger partial charge in [-0.3, -0.25) is 0 Å².